The van der Waals surface area contributed by atoms with Gasteiger partial charge in [-0.05, 0) is 38.7 Å². The predicted molar refractivity (Wildman–Crippen MR) is 81.9 cm³/mol. The van der Waals surface area contributed by atoms with Crippen LogP contribution in [0.5, 0.6) is 0 Å². The summed E-state index contributed by atoms with van der Waals surface area (Å²) >= 11 is 1.69. The van der Waals surface area contributed by atoms with Crippen molar-refractivity contribution in [3.8, 4) is 0 Å². The molecular weight excluding hydrogens is 286 g/mol. The molecule has 2 bridgehead atoms. The lowest BCUT2D eigenvalue weighted by molar-refractivity contribution is -0.142. The standard InChI is InChI=1S/C15H17N3O2S/c1-7-8(2)21-14-12(7)13(16-6-17-14)18-9-3-4-11(18)10(5-9)15(19)20/h6,9-11H,3-5H2,1-2H3,(H,19,20). The van der Waals surface area contributed by atoms with Gasteiger partial charge in [0, 0.05) is 17.0 Å². The summed E-state index contributed by atoms with van der Waals surface area (Å²) in [6, 6.07) is 0.402. The summed E-state index contributed by atoms with van der Waals surface area (Å²) in [5.41, 5.74) is 1.23. The molecule has 4 heterocycles. The molecule has 110 valence electrons. The van der Waals surface area contributed by atoms with E-state index >= 15 is 0 Å². The molecule has 5 nitrogen and oxygen atoms in total. The Morgan fingerprint density at radius 2 is 2.19 bits per heavy atom. The maximum absolute atomic E-state index is 11.4. The molecule has 0 saturated carbocycles. The molecule has 21 heavy (non-hydrogen) atoms. The highest BCUT2D eigenvalue weighted by Crippen LogP contribution is 2.46. The lowest BCUT2D eigenvalue weighted by Crippen LogP contribution is -2.33. The highest BCUT2D eigenvalue weighted by atomic mass is 32.1. The molecule has 2 aliphatic rings. The predicted octanol–water partition coefficient (Wildman–Crippen LogP) is 2.75. The van der Waals surface area contributed by atoms with Crippen molar-refractivity contribution in [2.75, 3.05) is 4.90 Å². The van der Waals surface area contributed by atoms with Crippen LogP contribution < -0.4 is 4.90 Å². The second-order valence-corrected chi connectivity index (χ2v) is 7.25. The summed E-state index contributed by atoms with van der Waals surface area (Å²) in [6.07, 6.45) is 4.38. The third-order valence-electron chi connectivity index (χ3n) is 5.04. The number of hydrogen-bond donors (Lipinski definition) is 1. The van der Waals surface area contributed by atoms with E-state index in [2.05, 4.69) is 28.7 Å². The number of carbonyl (C=O) groups is 1. The van der Waals surface area contributed by atoms with Crippen molar-refractivity contribution in [2.45, 2.75) is 45.2 Å². The van der Waals surface area contributed by atoms with Gasteiger partial charge in [-0.25, -0.2) is 9.97 Å². The maximum Gasteiger partial charge on any atom is 0.308 e. The molecule has 4 rings (SSSR count). The SMILES string of the molecule is Cc1sc2ncnc(N3C4CCC3C(C(=O)O)C4)c2c1C. The molecule has 0 radical (unpaired) electrons. The second-order valence-electron chi connectivity index (χ2n) is 6.05. The van der Waals surface area contributed by atoms with E-state index in [9.17, 15) is 9.90 Å². The Morgan fingerprint density at radius 3 is 2.90 bits per heavy atom. The van der Waals surface area contributed by atoms with Gasteiger partial charge in [0.25, 0.3) is 0 Å². The summed E-state index contributed by atoms with van der Waals surface area (Å²) in [5.74, 6) is 0.0163. The molecule has 0 aliphatic carbocycles. The Balaban J connectivity index is 1.86. The number of rotatable bonds is 2. The number of nitrogens with zero attached hydrogens (tertiary/aromatic N) is 3. The molecule has 3 atom stereocenters. The fraction of sp³-hybridized carbons (Fsp3) is 0.533. The van der Waals surface area contributed by atoms with Gasteiger partial charge in [0.15, 0.2) is 0 Å². The molecule has 0 aromatic carbocycles. The van der Waals surface area contributed by atoms with Crippen molar-refractivity contribution >= 4 is 33.3 Å². The number of carboxylic acids is 1. The first-order valence-electron chi connectivity index (χ1n) is 7.29. The van der Waals surface area contributed by atoms with E-state index in [4.69, 9.17) is 0 Å². The lowest BCUT2D eigenvalue weighted by Gasteiger charge is -2.25. The fourth-order valence-corrected chi connectivity index (χ4v) is 4.94. The van der Waals surface area contributed by atoms with E-state index < -0.39 is 5.97 Å². The van der Waals surface area contributed by atoms with Crippen molar-refractivity contribution in [2.24, 2.45) is 5.92 Å². The number of thiophene rings is 1. The Bertz CT molecular complexity index is 742. The summed E-state index contributed by atoms with van der Waals surface area (Å²) in [4.78, 5) is 24.9. The van der Waals surface area contributed by atoms with E-state index in [1.165, 1.54) is 10.4 Å². The van der Waals surface area contributed by atoms with Gasteiger partial charge >= 0.3 is 5.97 Å². The first kappa shape index (κ1) is 13.0. The molecule has 6 heteroatoms. The van der Waals surface area contributed by atoms with Crippen LogP contribution in [0, 0.1) is 19.8 Å². The van der Waals surface area contributed by atoms with Crippen LogP contribution in [0.25, 0.3) is 10.2 Å². The minimum absolute atomic E-state index is 0.0882. The highest BCUT2D eigenvalue weighted by molar-refractivity contribution is 7.18. The van der Waals surface area contributed by atoms with Crippen LogP contribution in [0.3, 0.4) is 0 Å². The third kappa shape index (κ3) is 1.71. The summed E-state index contributed by atoms with van der Waals surface area (Å²) in [6.45, 7) is 4.21. The number of aryl methyl sites for hydroxylation is 2. The number of hydrogen-bond acceptors (Lipinski definition) is 5. The van der Waals surface area contributed by atoms with Gasteiger partial charge in [0.05, 0.1) is 11.3 Å². The zero-order valence-corrected chi connectivity index (χ0v) is 12.9. The largest absolute Gasteiger partial charge is 0.481 e. The van der Waals surface area contributed by atoms with Gasteiger partial charge in [0.1, 0.15) is 17.0 Å². The van der Waals surface area contributed by atoms with Gasteiger partial charge in [-0.15, -0.1) is 11.3 Å². The Hall–Kier alpha value is -1.69. The Morgan fingerprint density at radius 1 is 1.38 bits per heavy atom. The van der Waals surface area contributed by atoms with Gasteiger partial charge in [-0.2, -0.15) is 0 Å². The summed E-state index contributed by atoms with van der Waals surface area (Å²) < 4.78 is 0. The topological polar surface area (TPSA) is 66.3 Å². The first-order chi connectivity index (χ1) is 10.1. The van der Waals surface area contributed by atoms with Crippen LogP contribution >= 0.6 is 11.3 Å². The molecule has 2 saturated heterocycles. The normalized spacial score (nSPS) is 27.7. The van der Waals surface area contributed by atoms with Crippen molar-refractivity contribution in [1.29, 1.82) is 0 Å². The number of carboxylic acid groups (broad SMARTS) is 1. The van der Waals surface area contributed by atoms with E-state index in [1.807, 2.05) is 0 Å². The fourth-order valence-electron chi connectivity index (χ4n) is 3.94. The molecule has 2 fully saturated rings. The summed E-state index contributed by atoms with van der Waals surface area (Å²) in [5, 5.41) is 10.5. The van der Waals surface area contributed by atoms with Gasteiger partial charge in [-0.3, -0.25) is 4.79 Å². The number of aliphatic carboxylic acids is 1. The Kier molecular flexibility index (Phi) is 2.73. The number of anilines is 1. The van der Waals surface area contributed by atoms with E-state index in [0.29, 0.717) is 6.04 Å². The van der Waals surface area contributed by atoms with E-state index in [-0.39, 0.29) is 12.0 Å². The number of fused-ring (bicyclic) bond motifs is 3. The van der Waals surface area contributed by atoms with Gasteiger partial charge in [0.2, 0.25) is 0 Å². The average molecular weight is 303 g/mol. The molecule has 3 unspecified atom stereocenters. The highest BCUT2D eigenvalue weighted by Gasteiger charge is 2.50. The smallest absolute Gasteiger partial charge is 0.308 e. The van der Waals surface area contributed by atoms with Crippen LogP contribution in [0.1, 0.15) is 29.7 Å². The monoisotopic (exact) mass is 303 g/mol. The van der Waals surface area contributed by atoms with E-state index in [0.717, 1.165) is 35.3 Å². The molecule has 2 aromatic heterocycles. The molecule has 0 spiro atoms. The maximum atomic E-state index is 11.4. The lowest BCUT2D eigenvalue weighted by atomic mass is 9.89. The molecule has 1 N–H and O–H groups in total. The minimum Gasteiger partial charge on any atom is -0.481 e. The molecular formula is C15H17N3O2S. The summed E-state index contributed by atoms with van der Waals surface area (Å²) in [7, 11) is 0. The molecule has 2 aliphatic heterocycles. The quantitative estimate of drug-likeness (QED) is 0.924. The van der Waals surface area contributed by atoms with Crippen molar-refractivity contribution in [3.63, 3.8) is 0 Å². The Labute approximate surface area is 126 Å². The van der Waals surface area contributed by atoms with Gasteiger partial charge < -0.3 is 10.0 Å². The van der Waals surface area contributed by atoms with Crippen LogP contribution in [0.2, 0.25) is 0 Å². The van der Waals surface area contributed by atoms with Crippen molar-refractivity contribution in [3.05, 3.63) is 16.8 Å². The van der Waals surface area contributed by atoms with Gasteiger partial charge in [-0.1, -0.05) is 0 Å². The third-order valence-corrected chi connectivity index (χ3v) is 6.16. The van der Waals surface area contributed by atoms with Crippen LogP contribution in [0.4, 0.5) is 5.82 Å². The molecule has 0 amide bonds. The van der Waals surface area contributed by atoms with Crippen LogP contribution in [-0.2, 0) is 4.79 Å². The number of aromatic nitrogens is 2. The minimum atomic E-state index is -0.671. The second kappa shape index (κ2) is 4.40. The average Bonchev–Trinajstić information content (AvgIpc) is 3.11. The van der Waals surface area contributed by atoms with Crippen LogP contribution in [-0.4, -0.2) is 33.1 Å². The zero-order valence-electron chi connectivity index (χ0n) is 12.0. The van der Waals surface area contributed by atoms with Crippen molar-refractivity contribution in [1.82, 2.24) is 9.97 Å². The first-order valence-corrected chi connectivity index (χ1v) is 8.11. The van der Waals surface area contributed by atoms with Crippen molar-refractivity contribution < 1.29 is 9.90 Å². The van der Waals surface area contributed by atoms with E-state index in [1.54, 1.807) is 17.7 Å². The zero-order chi connectivity index (χ0) is 14.7. The molecule has 2 aromatic rings. The van der Waals surface area contributed by atoms with Crippen LogP contribution in [0.15, 0.2) is 6.33 Å².